The minimum Gasteiger partial charge on any atom is -0.495 e. The Labute approximate surface area is 161 Å². The fourth-order valence-electron chi connectivity index (χ4n) is 2.43. The number of ether oxygens (including phenoxy) is 1. The van der Waals surface area contributed by atoms with Crippen LogP contribution >= 0.6 is 11.6 Å². The summed E-state index contributed by atoms with van der Waals surface area (Å²) in [6.45, 7) is 1.89. The first kappa shape index (κ1) is 18.7. The van der Waals surface area contributed by atoms with Crippen LogP contribution in [-0.2, 0) is 0 Å². The van der Waals surface area contributed by atoms with Gasteiger partial charge in [0.2, 0.25) is 0 Å². The molecule has 1 aromatic heterocycles. The molecular weight excluding hydrogens is 369 g/mol. The van der Waals surface area contributed by atoms with Crippen molar-refractivity contribution < 1.29 is 13.9 Å². The topological polar surface area (TPSA) is 63.2 Å². The summed E-state index contributed by atoms with van der Waals surface area (Å²) in [5.74, 6) is 0.160. The molecule has 0 unspecified atom stereocenters. The van der Waals surface area contributed by atoms with Gasteiger partial charge >= 0.3 is 0 Å². The number of carbonyl (C=O) groups excluding carboxylic acids is 1. The third-order valence-corrected chi connectivity index (χ3v) is 4.30. The number of amides is 1. The molecule has 0 aliphatic rings. The number of nitrogens with zero attached hydrogens (tertiary/aromatic N) is 1. The molecule has 0 spiro atoms. The monoisotopic (exact) mass is 385 g/mol. The average molecular weight is 386 g/mol. The predicted molar refractivity (Wildman–Crippen MR) is 105 cm³/mol. The fourth-order valence-corrected chi connectivity index (χ4v) is 2.58. The van der Waals surface area contributed by atoms with E-state index < -0.39 is 11.7 Å². The molecule has 2 N–H and O–H groups in total. The van der Waals surface area contributed by atoms with Crippen LogP contribution in [0.25, 0.3) is 0 Å². The highest BCUT2D eigenvalue weighted by molar-refractivity contribution is 6.31. The number of hydrogen-bond donors (Lipinski definition) is 2. The minimum absolute atomic E-state index is 0.117. The van der Waals surface area contributed by atoms with Crippen LogP contribution in [0.4, 0.5) is 21.6 Å². The maximum atomic E-state index is 13.6. The summed E-state index contributed by atoms with van der Waals surface area (Å²) < 4.78 is 19.0. The van der Waals surface area contributed by atoms with Gasteiger partial charge in [0.15, 0.2) is 0 Å². The number of rotatable bonds is 5. The predicted octanol–water partition coefficient (Wildman–Crippen LogP) is 5.19. The Morgan fingerprint density at radius 3 is 2.59 bits per heavy atom. The summed E-state index contributed by atoms with van der Waals surface area (Å²) in [4.78, 5) is 16.5. The first-order valence-corrected chi connectivity index (χ1v) is 8.49. The molecule has 0 fully saturated rings. The second kappa shape index (κ2) is 8.05. The zero-order valence-electron chi connectivity index (χ0n) is 14.7. The van der Waals surface area contributed by atoms with Crippen molar-refractivity contribution in [2.24, 2.45) is 0 Å². The van der Waals surface area contributed by atoms with Crippen LogP contribution < -0.4 is 15.4 Å². The van der Waals surface area contributed by atoms with Gasteiger partial charge in [0, 0.05) is 17.3 Å². The Morgan fingerprint density at radius 1 is 1.15 bits per heavy atom. The van der Waals surface area contributed by atoms with E-state index in [2.05, 4.69) is 15.6 Å². The number of pyridine rings is 1. The van der Waals surface area contributed by atoms with Gasteiger partial charge in [-0.1, -0.05) is 23.7 Å². The fraction of sp³-hybridized carbons (Fsp3) is 0.100. The summed E-state index contributed by atoms with van der Waals surface area (Å²) in [6.07, 6.45) is 1.41. The molecule has 1 heterocycles. The van der Waals surface area contributed by atoms with E-state index in [9.17, 15) is 9.18 Å². The number of benzene rings is 2. The van der Waals surface area contributed by atoms with Crippen molar-refractivity contribution >= 4 is 34.7 Å². The van der Waals surface area contributed by atoms with Gasteiger partial charge in [-0.2, -0.15) is 0 Å². The molecule has 0 bridgehead atoms. The van der Waals surface area contributed by atoms with Crippen molar-refractivity contribution in [3.8, 4) is 5.75 Å². The van der Waals surface area contributed by atoms with Crippen LogP contribution in [0.3, 0.4) is 0 Å². The van der Waals surface area contributed by atoms with E-state index in [1.54, 1.807) is 37.4 Å². The number of aryl methyl sites for hydroxylation is 1. The Balaban J connectivity index is 1.75. The van der Waals surface area contributed by atoms with Gasteiger partial charge in [0.1, 0.15) is 17.4 Å². The number of nitrogens with one attached hydrogen (secondary N) is 2. The molecule has 0 radical (unpaired) electrons. The average Bonchev–Trinajstić information content (AvgIpc) is 2.67. The molecule has 0 saturated carbocycles. The van der Waals surface area contributed by atoms with Crippen molar-refractivity contribution in [1.82, 2.24) is 4.98 Å². The number of halogens is 2. The number of carbonyl (C=O) groups is 1. The second-order valence-electron chi connectivity index (χ2n) is 5.79. The highest BCUT2D eigenvalue weighted by Gasteiger charge is 2.11. The third kappa shape index (κ3) is 4.35. The Bertz CT molecular complexity index is 977. The molecule has 0 atom stereocenters. The molecular formula is C20H17ClFN3O2. The molecule has 0 aliphatic carbocycles. The third-order valence-electron chi connectivity index (χ3n) is 3.89. The maximum absolute atomic E-state index is 13.6. The van der Waals surface area contributed by atoms with Crippen LogP contribution in [-0.4, -0.2) is 18.0 Å². The number of aromatic nitrogens is 1. The highest BCUT2D eigenvalue weighted by Crippen LogP contribution is 2.32. The van der Waals surface area contributed by atoms with Gasteiger partial charge in [-0.3, -0.25) is 4.79 Å². The molecule has 0 saturated heterocycles. The van der Waals surface area contributed by atoms with Gasteiger partial charge in [-0.25, -0.2) is 9.37 Å². The molecule has 138 valence electrons. The molecule has 3 aromatic rings. The van der Waals surface area contributed by atoms with Crippen molar-refractivity contribution in [3.05, 3.63) is 76.7 Å². The van der Waals surface area contributed by atoms with Gasteiger partial charge < -0.3 is 15.4 Å². The van der Waals surface area contributed by atoms with Crippen LogP contribution in [0.1, 0.15) is 15.9 Å². The summed E-state index contributed by atoms with van der Waals surface area (Å²) in [6, 6.07) is 12.8. The molecule has 27 heavy (non-hydrogen) atoms. The van der Waals surface area contributed by atoms with Crippen molar-refractivity contribution in [1.29, 1.82) is 0 Å². The molecule has 3 rings (SSSR count). The second-order valence-corrected chi connectivity index (χ2v) is 6.20. The van der Waals surface area contributed by atoms with E-state index in [1.165, 1.54) is 18.3 Å². The normalized spacial score (nSPS) is 10.4. The maximum Gasteiger partial charge on any atom is 0.257 e. The highest BCUT2D eigenvalue weighted by atomic mass is 35.5. The standard InChI is InChI=1S/C20H17ClFN3O2/c1-12-9-17(18(27-2)10-14(12)21)24-19-8-7-13(11-23-19)20(26)25-16-6-4-3-5-15(16)22/h3-11H,1-2H3,(H,23,24)(H,25,26). The van der Waals surface area contributed by atoms with Gasteiger partial charge in [0.05, 0.1) is 24.0 Å². The van der Waals surface area contributed by atoms with Crippen LogP contribution in [0.5, 0.6) is 5.75 Å². The summed E-state index contributed by atoms with van der Waals surface area (Å²) in [7, 11) is 1.55. The Morgan fingerprint density at radius 2 is 1.93 bits per heavy atom. The lowest BCUT2D eigenvalue weighted by Gasteiger charge is -2.13. The quantitative estimate of drug-likeness (QED) is 0.634. The first-order chi connectivity index (χ1) is 13.0. The number of para-hydroxylation sites is 1. The lowest BCUT2D eigenvalue weighted by atomic mass is 10.2. The summed E-state index contributed by atoms with van der Waals surface area (Å²) >= 11 is 6.11. The Kier molecular flexibility index (Phi) is 5.57. The van der Waals surface area contributed by atoms with Crippen molar-refractivity contribution in [2.75, 3.05) is 17.7 Å². The van der Waals surface area contributed by atoms with E-state index in [4.69, 9.17) is 16.3 Å². The van der Waals surface area contributed by atoms with E-state index in [0.29, 0.717) is 27.8 Å². The number of methoxy groups -OCH3 is 1. The number of anilines is 3. The molecule has 1 amide bonds. The molecule has 5 nitrogen and oxygen atoms in total. The summed E-state index contributed by atoms with van der Waals surface area (Å²) in [5.41, 5.74) is 2.02. The van der Waals surface area contributed by atoms with E-state index in [0.717, 1.165) is 5.56 Å². The van der Waals surface area contributed by atoms with Crippen LogP contribution in [0, 0.1) is 12.7 Å². The van der Waals surface area contributed by atoms with E-state index in [1.807, 2.05) is 13.0 Å². The SMILES string of the molecule is COc1cc(Cl)c(C)cc1Nc1ccc(C(=O)Nc2ccccc2F)cn1. The smallest absolute Gasteiger partial charge is 0.257 e. The van der Waals surface area contributed by atoms with Crippen molar-refractivity contribution in [3.63, 3.8) is 0 Å². The molecule has 2 aromatic carbocycles. The lowest BCUT2D eigenvalue weighted by molar-refractivity contribution is 0.102. The van der Waals surface area contributed by atoms with E-state index >= 15 is 0 Å². The number of hydrogen-bond acceptors (Lipinski definition) is 4. The largest absolute Gasteiger partial charge is 0.495 e. The van der Waals surface area contributed by atoms with Crippen LogP contribution in [0.2, 0.25) is 5.02 Å². The first-order valence-electron chi connectivity index (χ1n) is 8.11. The minimum atomic E-state index is -0.498. The lowest BCUT2D eigenvalue weighted by Crippen LogP contribution is -2.13. The van der Waals surface area contributed by atoms with E-state index in [-0.39, 0.29) is 5.69 Å². The molecule has 7 heteroatoms. The van der Waals surface area contributed by atoms with Gasteiger partial charge in [0.25, 0.3) is 5.91 Å². The zero-order valence-corrected chi connectivity index (χ0v) is 15.5. The van der Waals surface area contributed by atoms with Gasteiger partial charge in [-0.05, 0) is 42.8 Å². The summed E-state index contributed by atoms with van der Waals surface area (Å²) in [5, 5.41) is 6.25. The Hall–Kier alpha value is -3.12. The zero-order chi connectivity index (χ0) is 19.4. The molecule has 0 aliphatic heterocycles. The van der Waals surface area contributed by atoms with Crippen LogP contribution in [0.15, 0.2) is 54.7 Å². The van der Waals surface area contributed by atoms with Gasteiger partial charge in [-0.15, -0.1) is 0 Å². The van der Waals surface area contributed by atoms with Crippen molar-refractivity contribution in [2.45, 2.75) is 6.92 Å².